The molecule has 11 heavy (non-hydrogen) atoms. The lowest BCUT2D eigenvalue weighted by Crippen LogP contribution is -2.02. The molecular formula is C5H14NO4P. The van der Waals surface area contributed by atoms with E-state index in [2.05, 4.69) is 9.05 Å². The van der Waals surface area contributed by atoms with Gasteiger partial charge in [0.2, 0.25) is 0 Å². The van der Waals surface area contributed by atoms with Gasteiger partial charge in [-0.25, -0.2) is 4.57 Å². The summed E-state index contributed by atoms with van der Waals surface area (Å²) in [6, 6.07) is 0. The van der Waals surface area contributed by atoms with E-state index in [9.17, 15) is 4.57 Å². The molecule has 0 aromatic heterocycles. The lowest BCUT2D eigenvalue weighted by molar-refractivity contribution is 0.131. The number of hydrogen-bond donors (Lipinski definition) is 2. The molecule has 1 heterocycles. The monoisotopic (exact) mass is 183 g/mol. The average molecular weight is 183 g/mol. The Morgan fingerprint density at radius 3 is 2.00 bits per heavy atom. The van der Waals surface area contributed by atoms with Crippen molar-refractivity contribution in [1.29, 1.82) is 0 Å². The van der Waals surface area contributed by atoms with Crippen molar-refractivity contribution in [3.63, 3.8) is 0 Å². The third-order valence-corrected chi connectivity index (χ3v) is 2.32. The first-order valence-corrected chi connectivity index (χ1v) is 4.82. The van der Waals surface area contributed by atoms with Gasteiger partial charge < -0.3 is 11.0 Å². The summed E-state index contributed by atoms with van der Waals surface area (Å²) in [5.41, 5.74) is 0. The lowest BCUT2D eigenvalue weighted by Gasteiger charge is -2.14. The largest absolute Gasteiger partial charge is 0.472 e. The van der Waals surface area contributed by atoms with Crippen LogP contribution in [0, 0.1) is 0 Å². The molecule has 4 N–H and O–H groups in total. The summed E-state index contributed by atoms with van der Waals surface area (Å²) in [4.78, 5) is 8.79. The van der Waals surface area contributed by atoms with Crippen LogP contribution >= 0.6 is 7.82 Å². The zero-order chi connectivity index (χ0) is 7.45. The van der Waals surface area contributed by atoms with E-state index in [0.29, 0.717) is 13.2 Å². The van der Waals surface area contributed by atoms with Gasteiger partial charge in [-0.05, 0) is 19.3 Å². The third kappa shape index (κ3) is 4.50. The summed E-state index contributed by atoms with van der Waals surface area (Å²) < 4.78 is 19.8. The summed E-state index contributed by atoms with van der Waals surface area (Å²) in [5, 5.41) is 0. The first kappa shape index (κ1) is 11.1. The van der Waals surface area contributed by atoms with Crippen molar-refractivity contribution in [1.82, 2.24) is 6.15 Å². The Balaban J connectivity index is 0.000001000. The van der Waals surface area contributed by atoms with Gasteiger partial charge in [0.1, 0.15) is 0 Å². The topological polar surface area (TPSA) is 90.8 Å². The maximum Gasteiger partial charge on any atom is 0.472 e. The molecule has 0 radical (unpaired) electrons. The fraction of sp³-hybridized carbons (Fsp3) is 1.00. The molecule has 0 aliphatic carbocycles. The van der Waals surface area contributed by atoms with Gasteiger partial charge in [0.05, 0.1) is 13.2 Å². The van der Waals surface area contributed by atoms with Gasteiger partial charge in [0.15, 0.2) is 0 Å². The Kier molecular flexibility index (Phi) is 4.88. The van der Waals surface area contributed by atoms with Gasteiger partial charge in [-0.15, -0.1) is 0 Å². The van der Waals surface area contributed by atoms with Crippen molar-refractivity contribution in [3.05, 3.63) is 0 Å². The Hall–Kier alpha value is 0.0700. The quantitative estimate of drug-likeness (QED) is 0.555. The molecule has 0 saturated carbocycles. The van der Waals surface area contributed by atoms with Crippen molar-refractivity contribution < 1.29 is 18.5 Å². The number of hydrogen-bond acceptors (Lipinski definition) is 4. The van der Waals surface area contributed by atoms with Crippen molar-refractivity contribution >= 4 is 7.82 Å². The number of phosphoric ester groups is 1. The molecule has 1 saturated heterocycles. The highest BCUT2D eigenvalue weighted by Crippen LogP contribution is 2.44. The van der Waals surface area contributed by atoms with Crippen LogP contribution < -0.4 is 6.15 Å². The van der Waals surface area contributed by atoms with Crippen molar-refractivity contribution in [3.8, 4) is 0 Å². The fourth-order valence-corrected chi connectivity index (χ4v) is 1.57. The zero-order valence-electron chi connectivity index (χ0n) is 6.36. The summed E-state index contributed by atoms with van der Waals surface area (Å²) in [6.07, 6.45) is 2.68. The second-order valence-electron chi connectivity index (χ2n) is 2.20. The zero-order valence-corrected chi connectivity index (χ0v) is 7.26. The van der Waals surface area contributed by atoms with Gasteiger partial charge in [-0.3, -0.25) is 9.05 Å². The normalized spacial score (nSPS) is 24.5. The lowest BCUT2D eigenvalue weighted by atomic mass is 10.2. The van der Waals surface area contributed by atoms with Gasteiger partial charge in [-0.2, -0.15) is 0 Å². The fourth-order valence-electron chi connectivity index (χ4n) is 0.778. The predicted octanol–water partition coefficient (Wildman–Crippen LogP) is 1.47. The van der Waals surface area contributed by atoms with Crippen LogP contribution in [0.2, 0.25) is 0 Å². The molecule has 0 spiro atoms. The summed E-state index contributed by atoms with van der Waals surface area (Å²) in [7, 11) is -3.66. The van der Waals surface area contributed by atoms with Crippen molar-refractivity contribution in [2.24, 2.45) is 0 Å². The van der Waals surface area contributed by atoms with Crippen LogP contribution in [0.5, 0.6) is 0 Å². The molecule has 1 rings (SSSR count). The maximum atomic E-state index is 10.7. The minimum Gasteiger partial charge on any atom is -0.344 e. The second kappa shape index (κ2) is 4.85. The highest BCUT2D eigenvalue weighted by Gasteiger charge is 2.21. The minimum absolute atomic E-state index is 0. The molecule has 0 unspecified atom stereocenters. The first-order valence-electron chi connectivity index (χ1n) is 3.33. The number of phosphoric acid groups is 1. The molecule has 6 heteroatoms. The maximum absolute atomic E-state index is 10.7. The third-order valence-electron chi connectivity index (χ3n) is 1.30. The molecule has 1 fully saturated rings. The highest BCUT2D eigenvalue weighted by molar-refractivity contribution is 7.47. The van der Waals surface area contributed by atoms with Crippen LogP contribution in [-0.2, 0) is 13.6 Å². The van der Waals surface area contributed by atoms with Crippen LogP contribution in [-0.4, -0.2) is 18.1 Å². The number of rotatable bonds is 0. The highest BCUT2D eigenvalue weighted by atomic mass is 31.2. The smallest absolute Gasteiger partial charge is 0.344 e. The van der Waals surface area contributed by atoms with Gasteiger partial charge in [-0.1, -0.05) is 0 Å². The Labute approximate surface area is 65.9 Å². The van der Waals surface area contributed by atoms with Crippen molar-refractivity contribution in [2.45, 2.75) is 19.3 Å². The molecule has 0 amide bonds. The van der Waals surface area contributed by atoms with E-state index in [4.69, 9.17) is 4.89 Å². The molecule has 1 aliphatic rings. The van der Waals surface area contributed by atoms with Crippen LogP contribution in [0.25, 0.3) is 0 Å². The van der Waals surface area contributed by atoms with E-state index in [1.54, 1.807) is 0 Å². The van der Waals surface area contributed by atoms with Crippen LogP contribution in [0.3, 0.4) is 0 Å². The molecule has 5 nitrogen and oxygen atoms in total. The Bertz CT molecular complexity index is 139. The van der Waals surface area contributed by atoms with E-state index in [1.165, 1.54) is 0 Å². The van der Waals surface area contributed by atoms with E-state index >= 15 is 0 Å². The second-order valence-corrected chi connectivity index (χ2v) is 3.65. The Morgan fingerprint density at radius 2 is 1.55 bits per heavy atom. The molecule has 1 aliphatic heterocycles. The predicted molar refractivity (Wildman–Crippen MR) is 40.6 cm³/mol. The van der Waals surface area contributed by atoms with Gasteiger partial charge in [0.25, 0.3) is 0 Å². The first-order chi connectivity index (χ1) is 4.71. The van der Waals surface area contributed by atoms with Crippen molar-refractivity contribution in [2.75, 3.05) is 13.2 Å². The van der Waals surface area contributed by atoms with E-state index in [1.807, 2.05) is 0 Å². The minimum atomic E-state index is -3.66. The SMILES string of the molecule is N.O=P1(O)OCCCCCO1. The standard InChI is InChI=1S/C5H11O4P.H3N/c6-10(7)8-4-2-1-3-5-9-10;/h1-5H2,(H,6,7);1H3. The van der Waals surface area contributed by atoms with Crippen LogP contribution in [0.4, 0.5) is 0 Å². The van der Waals surface area contributed by atoms with Crippen LogP contribution in [0.15, 0.2) is 0 Å². The molecule has 0 bridgehead atoms. The summed E-state index contributed by atoms with van der Waals surface area (Å²) in [6.45, 7) is 0.654. The molecule has 68 valence electrons. The van der Waals surface area contributed by atoms with E-state index in [0.717, 1.165) is 19.3 Å². The summed E-state index contributed by atoms with van der Waals surface area (Å²) >= 11 is 0. The van der Waals surface area contributed by atoms with E-state index < -0.39 is 7.82 Å². The van der Waals surface area contributed by atoms with Gasteiger partial charge >= 0.3 is 7.82 Å². The molecule has 0 aromatic rings. The van der Waals surface area contributed by atoms with Gasteiger partial charge in [0, 0.05) is 0 Å². The molecular weight excluding hydrogens is 169 g/mol. The average Bonchev–Trinajstić information content (AvgIpc) is 1.81. The van der Waals surface area contributed by atoms with E-state index in [-0.39, 0.29) is 6.15 Å². The summed E-state index contributed by atoms with van der Waals surface area (Å²) in [5.74, 6) is 0. The van der Waals surface area contributed by atoms with Crippen LogP contribution in [0.1, 0.15) is 19.3 Å². The Morgan fingerprint density at radius 1 is 1.09 bits per heavy atom. The molecule has 0 aromatic carbocycles. The molecule has 0 atom stereocenters.